The summed E-state index contributed by atoms with van der Waals surface area (Å²) in [6.45, 7) is 0. The van der Waals surface area contributed by atoms with Crippen LogP contribution in [0.15, 0.2) is 130 Å². The highest BCUT2D eigenvalue weighted by Crippen LogP contribution is 2.42. The summed E-state index contributed by atoms with van der Waals surface area (Å²) >= 11 is 0. The van der Waals surface area contributed by atoms with Crippen LogP contribution in [0, 0.1) is 0 Å². The number of benzene rings is 6. The van der Waals surface area contributed by atoms with Crippen molar-refractivity contribution in [3.63, 3.8) is 0 Å². The molecule has 0 unspecified atom stereocenters. The molecule has 0 aliphatic carbocycles. The normalized spacial score (nSPS) is 12.1. The van der Waals surface area contributed by atoms with Gasteiger partial charge in [-0.05, 0) is 65.4 Å². The minimum absolute atomic E-state index is 0.605. The Morgan fingerprint density at radius 1 is 0.538 bits per heavy atom. The second kappa shape index (κ2) is 7.59. The number of rotatable bonds is 2. The predicted octanol–water partition coefficient (Wildman–Crippen LogP) is 9.64. The minimum atomic E-state index is 0.605. The number of fused-ring (bicyclic) bond motifs is 9. The Balaban J connectivity index is 1.41. The van der Waals surface area contributed by atoms with E-state index in [2.05, 4.69) is 95.6 Å². The molecule has 0 N–H and O–H groups in total. The van der Waals surface area contributed by atoms with Gasteiger partial charge in [0.15, 0.2) is 5.58 Å². The summed E-state index contributed by atoms with van der Waals surface area (Å²) < 4.78 is 15.1. The van der Waals surface area contributed by atoms with Gasteiger partial charge in [-0.15, -0.1) is 0 Å². The zero-order valence-electron chi connectivity index (χ0n) is 20.8. The molecule has 6 aromatic carbocycles. The van der Waals surface area contributed by atoms with Gasteiger partial charge in [0.2, 0.25) is 5.89 Å². The predicted molar refractivity (Wildman–Crippen MR) is 159 cm³/mol. The highest BCUT2D eigenvalue weighted by Gasteiger charge is 2.21. The molecule has 0 radical (unpaired) electrons. The van der Waals surface area contributed by atoms with Crippen molar-refractivity contribution < 1.29 is 8.83 Å². The van der Waals surface area contributed by atoms with E-state index in [1.807, 2.05) is 30.3 Å². The molecular weight excluding hydrogens is 480 g/mol. The summed E-state index contributed by atoms with van der Waals surface area (Å²) in [7, 11) is 0. The molecule has 4 heteroatoms. The Bertz CT molecular complexity index is 2390. The molecule has 3 aromatic heterocycles. The Labute approximate surface area is 222 Å². The van der Waals surface area contributed by atoms with Gasteiger partial charge in [-0.1, -0.05) is 66.7 Å². The van der Waals surface area contributed by atoms with E-state index in [-0.39, 0.29) is 0 Å². The van der Waals surface area contributed by atoms with E-state index in [0.717, 1.165) is 60.7 Å². The smallest absolute Gasteiger partial charge is 0.228 e. The lowest BCUT2D eigenvalue weighted by Gasteiger charge is -2.08. The average Bonchev–Trinajstić information content (AvgIpc) is 3.67. The zero-order chi connectivity index (χ0) is 25.5. The number of aromatic nitrogens is 2. The molecule has 0 saturated heterocycles. The van der Waals surface area contributed by atoms with Crippen LogP contribution in [0.3, 0.4) is 0 Å². The molecule has 0 bridgehead atoms. The highest BCUT2D eigenvalue weighted by atomic mass is 16.4. The summed E-state index contributed by atoms with van der Waals surface area (Å²) in [4.78, 5) is 5.00. The standard InChI is InChI=1S/C35H20N2O2/c1-2-11-23(12-3-1)37-28-15-8-14-25(32(28)26-19-21-9-4-5-10-22(21)20-29(26)37)35-36-27-17-18-31-33(34(27)39-35)24-13-6-7-16-30(24)38-31/h1-20H. The van der Waals surface area contributed by atoms with Crippen molar-refractivity contribution in [1.82, 2.24) is 9.55 Å². The van der Waals surface area contributed by atoms with Crippen LogP contribution < -0.4 is 0 Å². The van der Waals surface area contributed by atoms with Crippen LogP contribution in [0.2, 0.25) is 0 Å². The van der Waals surface area contributed by atoms with E-state index in [1.54, 1.807) is 0 Å². The van der Waals surface area contributed by atoms with Gasteiger partial charge >= 0.3 is 0 Å². The first-order chi connectivity index (χ1) is 19.3. The van der Waals surface area contributed by atoms with Crippen LogP contribution in [0.5, 0.6) is 0 Å². The number of oxazole rings is 1. The number of furan rings is 1. The molecule has 4 nitrogen and oxygen atoms in total. The van der Waals surface area contributed by atoms with Gasteiger partial charge in [0.25, 0.3) is 0 Å². The van der Waals surface area contributed by atoms with Crippen molar-refractivity contribution in [1.29, 1.82) is 0 Å². The molecule has 0 fully saturated rings. The van der Waals surface area contributed by atoms with E-state index in [4.69, 9.17) is 13.8 Å². The Morgan fingerprint density at radius 3 is 2.23 bits per heavy atom. The maximum atomic E-state index is 6.61. The SMILES string of the molecule is c1ccc(-n2c3cc4ccccc4cc3c3c(-c4nc5ccc6oc7ccccc7c6c5o4)cccc32)cc1. The molecule has 0 atom stereocenters. The van der Waals surface area contributed by atoms with E-state index >= 15 is 0 Å². The summed E-state index contributed by atoms with van der Waals surface area (Å²) in [5.41, 5.74) is 7.58. The van der Waals surface area contributed by atoms with Crippen molar-refractivity contribution in [2.24, 2.45) is 0 Å². The molecule has 39 heavy (non-hydrogen) atoms. The van der Waals surface area contributed by atoms with Crippen molar-refractivity contribution in [2.45, 2.75) is 0 Å². The third kappa shape index (κ3) is 2.85. The summed E-state index contributed by atoms with van der Waals surface area (Å²) in [6, 6.07) is 42.0. The fourth-order valence-corrected chi connectivity index (χ4v) is 6.10. The largest absolute Gasteiger partial charge is 0.456 e. The molecule has 9 aromatic rings. The van der Waals surface area contributed by atoms with Crippen LogP contribution in [0.25, 0.3) is 82.8 Å². The molecule has 0 aliphatic rings. The highest BCUT2D eigenvalue weighted by molar-refractivity contribution is 6.19. The third-order valence-corrected chi connectivity index (χ3v) is 7.80. The Hall–Kier alpha value is -5.35. The maximum absolute atomic E-state index is 6.61. The van der Waals surface area contributed by atoms with Gasteiger partial charge in [0, 0.05) is 27.4 Å². The fraction of sp³-hybridized carbons (Fsp3) is 0. The van der Waals surface area contributed by atoms with E-state index in [9.17, 15) is 0 Å². The molecule has 0 saturated carbocycles. The van der Waals surface area contributed by atoms with Gasteiger partial charge in [-0.25, -0.2) is 4.98 Å². The van der Waals surface area contributed by atoms with E-state index < -0.39 is 0 Å². The first kappa shape index (κ1) is 20.7. The number of hydrogen-bond donors (Lipinski definition) is 0. The van der Waals surface area contributed by atoms with Crippen molar-refractivity contribution in [3.8, 4) is 17.1 Å². The van der Waals surface area contributed by atoms with Crippen LogP contribution in [-0.2, 0) is 0 Å². The molecule has 9 rings (SSSR count). The monoisotopic (exact) mass is 500 g/mol. The quantitative estimate of drug-likeness (QED) is 0.237. The number of nitrogens with zero attached hydrogens (tertiary/aromatic N) is 2. The summed E-state index contributed by atoms with van der Waals surface area (Å²) in [6.07, 6.45) is 0. The number of para-hydroxylation sites is 2. The first-order valence-corrected chi connectivity index (χ1v) is 13.1. The lowest BCUT2D eigenvalue weighted by molar-refractivity contribution is 0.623. The number of hydrogen-bond acceptors (Lipinski definition) is 3. The fourth-order valence-electron chi connectivity index (χ4n) is 6.10. The van der Waals surface area contributed by atoms with Crippen LogP contribution in [0.4, 0.5) is 0 Å². The van der Waals surface area contributed by atoms with Crippen molar-refractivity contribution >= 4 is 65.6 Å². The molecule has 0 amide bonds. The van der Waals surface area contributed by atoms with Crippen molar-refractivity contribution in [3.05, 3.63) is 121 Å². The average molecular weight is 501 g/mol. The van der Waals surface area contributed by atoms with Crippen LogP contribution in [-0.4, -0.2) is 9.55 Å². The molecular formula is C35H20N2O2. The van der Waals surface area contributed by atoms with Gasteiger partial charge in [0.1, 0.15) is 16.7 Å². The van der Waals surface area contributed by atoms with Gasteiger partial charge in [0.05, 0.1) is 16.4 Å². The van der Waals surface area contributed by atoms with Gasteiger partial charge < -0.3 is 13.4 Å². The zero-order valence-corrected chi connectivity index (χ0v) is 20.8. The van der Waals surface area contributed by atoms with Crippen LogP contribution >= 0.6 is 0 Å². The molecule has 3 heterocycles. The first-order valence-electron chi connectivity index (χ1n) is 13.1. The molecule has 0 spiro atoms. The topological polar surface area (TPSA) is 44.1 Å². The third-order valence-electron chi connectivity index (χ3n) is 7.80. The van der Waals surface area contributed by atoms with Gasteiger partial charge in [-0.2, -0.15) is 0 Å². The van der Waals surface area contributed by atoms with E-state index in [0.29, 0.717) is 5.89 Å². The second-order valence-electron chi connectivity index (χ2n) is 9.99. The molecule has 182 valence electrons. The van der Waals surface area contributed by atoms with Crippen LogP contribution in [0.1, 0.15) is 0 Å². The maximum Gasteiger partial charge on any atom is 0.228 e. The summed E-state index contributed by atoms with van der Waals surface area (Å²) in [5.74, 6) is 0.605. The summed E-state index contributed by atoms with van der Waals surface area (Å²) in [5, 5.41) is 6.71. The molecule has 0 aliphatic heterocycles. The Morgan fingerprint density at radius 2 is 1.33 bits per heavy atom. The van der Waals surface area contributed by atoms with E-state index in [1.165, 1.54) is 16.2 Å². The lowest BCUT2D eigenvalue weighted by atomic mass is 10.0. The lowest BCUT2D eigenvalue weighted by Crippen LogP contribution is -1.93. The minimum Gasteiger partial charge on any atom is -0.456 e. The van der Waals surface area contributed by atoms with Gasteiger partial charge in [-0.3, -0.25) is 0 Å². The van der Waals surface area contributed by atoms with Crippen molar-refractivity contribution in [2.75, 3.05) is 0 Å². The second-order valence-corrected chi connectivity index (χ2v) is 9.99. The Kier molecular flexibility index (Phi) is 4.02.